The molecule has 0 fully saturated rings. The summed E-state index contributed by atoms with van der Waals surface area (Å²) in [6.07, 6.45) is 1.38. The molecule has 168 valence electrons. The van der Waals surface area contributed by atoms with Gasteiger partial charge in [0, 0.05) is 22.0 Å². The highest BCUT2D eigenvalue weighted by molar-refractivity contribution is 9.10. The van der Waals surface area contributed by atoms with Gasteiger partial charge in [-0.2, -0.15) is 0 Å². The predicted octanol–water partition coefficient (Wildman–Crippen LogP) is 5.15. The molecule has 1 aromatic heterocycles. The maximum Gasteiger partial charge on any atom is 0.231 e. The van der Waals surface area contributed by atoms with E-state index in [0.29, 0.717) is 17.9 Å². The average Bonchev–Trinajstić information content (AvgIpc) is 3.31. The number of halogens is 1. The fourth-order valence-corrected chi connectivity index (χ4v) is 4.42. The maximum absolute atomic E-state index is 5.85. The largest absolute Gasteiger partial charge is 0.492 e. The van der Waals surface area contributed by atoms with Gasteiger partial charge >= 0.3 is 0 Å². The van der Waals surface area contributed by atoms with Crippen LogP contribution in [0.25, 0.3) is 22.3 Å². The van der Waals surface area contributed by atoms with Crippen LogP contribution in [0.3, 0.4) is 0 Å². The van der Waals surface area contributed by atoms with Crippen LogP contribution in [0.15, 0.2) is 59.1 Å². The van der Waals surface area contributed by atoms with Crippen LogP contribution >= 0.6 is 15.9 Å². The van der Waals surface area contributed by atoms with Crippen molar-refractivity contribution in [2.75, 3.05) is 27.5 Å². The van der Waals surface area contributed by atoms with Gasteiger partial charge in [0.1, 0.15) is 0 Å². The van der Waals surface area contributed by atoms with Crippen molar-refractivity contribution in [1.82, 2.24) is 15.3 Å². The molecule has 0 unspecified atom stereocenters. The highest BCUT2D eigenvalue weighted by Gasteiger charge is 2.26. The summed E-state index contributed by atoms with van der Waals surface area (Å²) in [5.74, 6) is 2.08. The Morgan fingerprint density at radius 1 is 1.03 bits per heavy atom. The van der Waals surface area contributed by atoms with E-state index in [-0.39, 0.29) is 6.79 Å². The Morgan fingerprint density at radius 2 is 1.79 bits per heavy atom. The van der Waals surface area contributed by atoms with E-state index in [1.165, 1.54) is 0 Å². The smallest absolute Gasteiger partial charge is 0.231 e. The van der Waals surface area contributed by atoms with Crippen LogP contribution in [-0.4, -0.2) is 37.5 Å². The van der Waals surface area contributed by atoms with Crippen molar-refractivity contribution >= 4 is 27.0 Å². The number of fused-ring (bicyclic) bond motifs is 2. The molecule has 0 radical (unpaired) electrons. The molecule has 0 atom stereocenters. The maximum atomic E-state index is 5.85. The number of benzene rings is 3. The van der Waals surface area contributed by atoms with E-state index in [1.54, 1.807) is 7.11 Å². The molecular weight excluding hydrogens is 482 g/mol. The summed E-state index contributed by atoms with van der Waals surface area (Å²) in [7, 11) is 3.62. The highest BCUT2D eigenvalue weighted by atomic mass is 79.9. The molecule has 3 aromatic carbocycles. The van der Waals surface area contributed by atoms with Crippen molar-refractivity contribution < 1.29 is 14.2 Å². The van der Waals surface area contributed by atoms with Crippen LogP contribution < -0.4 is 19.5 Å². The molecule has 0 bridgehead atoms. The van der Waals surface area contributed by atoms with Crippen molar-refractivity contribution in [3.63, 3.8) is 0 Å². The summed E-state index contributed by atoms with van der Waals surface area (Å²) in [4.78, 5) is 10.0. The summed E-state index contributed by atoms with van der Waals surface area (Å²) in [6, 6.07) is 18.2. The zero-order valence-electron chi connectivity index (χ0n) is 18.5. The third-order valence-corrected chi connectivity index (χ3v) is 6.30. The molecule has 2 heterocycles. The van der Waals surface area contributed by atoms with Gasteiger partial charge in [-0.1, -0.05) is 40.2 Å². The van der Waals surface area contributed by atoms with Crippen molar-refractivity contribution in [1.29, 1.82) is 0 Å². The fourth-order valence-electron chi connectivity index (χ4n) is 4.16. The lowest BCUT2D eigenvalue weighted by Crippen LogP contribution is -2.13. The van der Waals surface area contributed by atoms with Gasteiger partial charge in [-0.3, -0.25) is 0 Å². The zero-order valence-corrected chi connectivity index (χ0v) is 20.1. The first-order chi connectivity index (χ1) is 16.2. The number of hydrogen-bond acceptors (Lipinski definition) is 6. The molecule has 0 saturated heterocycles. The number of nitrogens with one attached hydrogen (secondary N) is 1. The number of likely N-dealkylation sites (N-methyl/N-ethyl adjacent to an activating group) is 1. The third kappa shape index (κ3) is 4.26. The van der Waals surface area contributed by atoms with E-state index < -0.39 is 0 Å². The van der Waals surface area contributed by atoms with Gasteiger partial charge in [-0.15, -0.1) is 0 Å². The van der Waals surface area contributed by atoms with Crippen LogP contribution in [0, 0.1) is 0 Å². The average molecular weight is 506 g/mol. The molecule has 5 rings (SSSR count). The van der Waals surface area contributed by atoms with E-state index in [2.05, 4.69) is 39.4 Å². The first-order valence-electron chi connectivity index (χ1n) is 10.8. The zero-order chi connectivity index (χ0) is 22.8. The van der Waals surface area contributed by atoms with Crippen LogP contribution in [0.5, 0.6) is 17.2 Å². The quantitative estimate of drug-likeness (QED) is 0.374. The first-order valence-corrected chi connectivity index (χ1v) is 11.6. The summed E-state index contributed by atoms with van der Waals surface area (Å²) < 4.78 is 18.3. The van der Waals surface area contributed by atoms with Crippen molar-refractivity contribution in [2.45, 2.75) is 12.8 Å². The van der Waals surface area contributed by atoms with Crippen LogP contribution in [0.1, 0.15) is 16.8 Å². The molecule has 7 heteroatoms. The second-order valence-electron chi connectivity index (χ2n) is 7.83. The minimum atomic E-state index is 0.195. The summed E-state index contributed by atoms with van der Waals surface area (Å²) in [5, 5.41) is 3.23. The Hall–Kier alpha value is -3.16. The molecule has 0 amide bonds. The van der Waals surface area contributed by atoms with Gasteiger partial charge in [-0.25, -0.2) is 9.97 Å². The fraction of sp³-hybridized carbons (Fsp3) is 0.231. The van der Waals surface area contributed by atoms with Gasteiger partial charge in [0.2, 0.25) is 12.5 Å². The molecule has 0 aliphatic carbocycles. The Kier molecular flexibility index (Phi) is 6.15. The van der Waals surface area contributed by atoms with E-state index in [4.69, 9.17) is 24.2 Å². The monoisotopic (exact) mass is 505 g/mol. The lowest BCUT2D eigenvalue weighted by atomic mass is 9.95. The molecule has 6 nitrogen and oxygen atoms in total. The van der Waals surface area contributed by atoms with E-state index in [1.807, 2.05) is 43.4 Å². The molecule has 33 heavy (non-hydrogen) atoms. The number of hydrogen-bond donors (Lipinski definition) is 1. The Morgan fingerprint density at radius 3 is 2.52 bits per heavy atom. The molecule has 0 saturated carbocycles. The first kappa shape index (κ1) is 21.7. The lowest BCUT2D eigenvalue weighted by Gasteiger charge is -2.18. The van der Waals surface area contributed by atoms with Crippen LogP contribution in [0.2, 0.25) is 0 Å². The summed E-state index contributed by atoms with van der Waals surface area (Å²) in [5.41, 5.74) is 6.68. The lowest BCUT2D eigenvalue weighted by molar-refractivity contribution is 0.171. The second kappa shape index (κ2) is 9.37. The molecule has 1 aliphatic heterocycles. The summed E-state index contributed by atoms with van der Waals surface area (Å²) >= 11 is 3.53. The van der Waals surface area contributed by atoms with Crippen molar-refractivity contribution in [3.8, 4) is 28.5 Å². The standard InChI is InChI=1S/C26H24BrN3O3/c1-28-12-11-17-13-23-26(33-15-32-23)25(31-2)19(17)14-22-24(16-7-9-18(27)10-8-16)30-21-6-4-3-5-20(21)29-22/h3-10,13,28H,11-12,14-15H2,1-2H3. The van der Waals surface area contributed by atoms with Crippen molar-refractivity contribution in [2.24, 2.45) is 0 Å². The Bertz CT molecular complexity index is 1310. The predicted molar refractivity (Wildman–Crippen MR) is 132 cm³/mol. The number of aromatic nitrogens is 2. The van der Waals surface area contributed by atoms with Gasteiger partial charge < -0.3 is 19.5 Å². The van der Waals surface area contributed by atoms with Gasteiger partial charge in [0.15, 0.2) is 11.5 Å². The normalized spacial score (nSPS) is 12.3. The number of para-hydroxylation sites is 2. The van der Waals surface area contributed by atoms with Crippen LogP contribution in [0.4, 0.5) is 0 Å². The number of methoxy groups -OCH3 is 1. The van der Waals surface area contributed by atoms with Gasteiger partial charge in [0.25, 0.3) is 0 Å². The van der Waals surface area contributed by atoms with Gasteiger partial charge in [0.05, 0.1) is 29.5 Å². The van der Waals surface area contributed by atoms with Crippen molar-refractivity contribution in [3.05, 3.63) is 75.9 Å². The SMILES string of the molecule is CNCCc1cc2c(c(OC)c1Cc1nc3ccccc3nc1-c1ccc(Br)cc1)OCO2. The third-order valence-electron chi connectivity index (χ3n) is 5.77. The highest BCUT2D eigenvalue weighted by Crippen LogP contribution is 2.46. The molecule has 1 aliphatic rings. The van der Waals surface area contributed by atoms with E-state index in [9.17, 15) is 0 Å². The minimum Gasteiger partial charge on any atom is -0.492 e. The molecule has 0 spiro atoms. The number of rotatable bonds is 7. The second-order valence-corrected chi connectivity index (χ2v) is 8.74. The number of ether oxygens (including phenoxy) is 3. The summed E-state index contributed by atoms with van der Waals surface area (Å²) in [6.45, 7) is 1.03. The van der Waals surface area contributed by atoms with Crippen LogP contribution in [-0.2, 0) is 12.8 Å². The molecule has 4 aromatic rings. The Balaban J connectivity index is 1.69. The van der Waals surface area contributed by atoms with E-state index >= 15 is 0 Å². The Labute approximate surface area is 201 Å². The van der Waals surface area contributed by atoms with Gasteiger partial charge in [-0.05, 0) is 55.9 Å². The number of nitrogens with zero attached hydrogens (tertiary/aromatic N) is 2. The molecular formula is C26H24BrN3O3. The topological polar surface area (TPSA) is 65.5 Å². The minimum absolute atomic E-state index is 0.195. The van der Waals surface area contributed by atoms with E-state index in [0.717, 1.165) is 62.3 Å². The molecule has 1 N–H and O–H groups in total.